The molecule has 8 heteroatoms. The van der Waals surface area contributed by atoms with Gasteiger partial charge in [-0.2, -0.15) is 0 Å². The van der Waals surface area contributed by atoms with E-state index in [1.54, 1.807) is 6.20 Å². The first-order chi connectivity index (χ1) is 16.6. The first-order valence-electron chi connectivity index (χ1n) is 13.0. The first-order valence-corrected chi connectivity index (χ1v) is 13.0. The summed E-state index contributed by atoms with van der Waals surface area (Å²) in [6, 6.07) is 5.92. The molecule has 3 aliphatic rings. The largest absolute Gasteiger partial charge is 0.459 e. The number of amides is 2. The molecule has 3 atom stereocenters. The van der Waals surface area contributed by atoms with Gasteiger partial charge in [0.25, 0.3) is 0 Å². The third-order valence-corrected chi connectivity index (χ3v) is 7.41. The fourth-order valence-corrected chi connectivity index (χ4v) is 5.50. The molecule has 0 N–H and O–H groups in total. The van der Waals surface area contributed by atoms with E-state index < -0.39 is 6.10 Å². The van der Waals surface area contributed by atoms with E-state index in [-0.39, 0.29) is 36.2 Å². The van der Waals surface area contributed by atoms with Crippen LogP contribution in [0.15, 0.2) is 24.4 Å². The lowest BCUT2D eigenvalue weighted by Gasteiger charge is -2.37. The van der Waals surface area contributed by atoms with Gasteiger partial charge >= 0.3 is 5.97 Å². The lowest BCUT2D eigenvalue weighted by Crippen LogP contribution is -2.51. The standard InChI is InChI=1S/C26H38N4O4/c1-2-3-4-12-24(31)34-20(19-30-25(32)21-9-5-6-10-22(21)26(30)33)18-28-14-16-29(17-15-28)23-11-7-8-13-27-23/h7-8,11,13,20-22H,2-6,9-10,12,14-19H2,1H3/t20?,21-,22+. The van der Waals surface area contributed by atoms with E-state index in [1.807, 2.05) is 18.2 Å². The number of aromatic nitrogens is 1. The van der Waals surface area contributed by atoms with Crippen LogP contribution in [0.3, 0.4) is 0 Å². The molecule has 2 saturated heterocycles. The van der Waals surface area contributed by atoms with Crippen LogP contribution in [0.5, 0.6) is 0 Å². The lowest BCUT2D eigenvalue weighted by molar-refractivity contribution is -0.155. The van der Waals surface area contributed by atoms with Crippen molar-refractivity contribution in [3.05, 3.63) is 24.4 Å². The van der Waals surface area contributed by atoms with Gasteiger partial charge in [0.2, 0.25) is 11.8 Å². The van der Waals surface area contributed by atoms with E-state index in [4.69, 9.17) is 4.74 Å². The number of rotatable bonds is 10. The van der Waals surface area contributed by atoms with Gasteiger partial charge in [0.15, 0.2) is 0 Å². The second-order valence-corrected chi connectivity index (χ2v) is 9.83. The van der Waals surface area contributed by atoms with Crippen molar-refractivity contribution in [1.82, 2.24) is 14.8 Å². The van der Waals surface area contributed by atoms with Gasteiger partial charge in [0.1, 0.15) is 11.9 Å². The van der Waals surface area contributed by atoms with E-state index in [0.29, 0.717) is 13.0 Å². The second-order valence-electron chi connectivity index (χ2n) is 9.83. The number of carbonyl (C=O) groups excluding carboxylic acids is 3. The summed E-state index contributed by atoms with van der Waals surface area (Å²) in [6.07, 6.45) is 8.11. The maximum Gasteiger partial charge on any atom is 0.306 e. The molecule has 1 aromatic heterocycles. The number of unbranched alkanes of at least 4 members (excludes halogenated alkanes) is 2. The molecule has 1 unspecified atom stereocenters. The summed E-state index contributed by atoms with van der Waals surface area (Å²) in [5.74, 6) is 0.246. The van der Waals surface area contributed by atoms with Crippen molar-refractivity contribution in [2.24, 2.45) is 11.8 Å². The first kappa shape index (κ1) is 24.6. The maximum atomic E-state index is 13.0. The lowest BCUT2D eigenvalue weighted by atomic mass is 9.81. The van der Waals surface area contributed by atoms with Crippen molar-refractivity contribution in [3.8, 4) is 0 Å². The molecule has 34 heavy (non-hydrogen) atoms. The number of ether oxygens (including phenoxy) is 1. The quantitative estimate of drug-likeness (QED) is 0.295. The molecule has 0 bridgehead atoms. The fourth-order valence-electron chi connectivity index (χ4n) is 5.50. The molecule has 0 spiro atoms. The smallest absolute Gasteiger partial charge is 0.306 e. The van der Waals surface area contributed by atoms with Crippen LogP contribution < -0.4 is 4.90 Å². The SMILES string of the molecule is CCCCCC(=O)OC(CN1CCN(c2ccccn2)CC1)CN1C(=O)[C@H]2CCCC[C@H]2C1=O. The third kappa shape index (κ3) is 5.95. The molecule has 8 nitrogen and oxygen atoms in total. The highest BCUT2D eigenvalue weighted by Gasteiger charge is 2.48. The highest BCUT2D eigenvalue weighted by Crippen LogP contribution is 2.38. The maximum absolute atomic E-state index is 13.0. The molecule has 0 aromatic carbocycles. The number of pyridine rings is 1. The monoisotopic (exact) mass is 470 g/mol. The highest BCUT2D eigenvalue weighted by molar-refractivity contribution is 6.05. The molecule has 3 fully saturated rings. The van der Waals surface area contributed by atoms with E-state index >= 15 is 0 Å². The van der Waals surface area contributed by atoms with Gasteiger partial charge in [-0.05, 0) is 31.4 Å². The predicted octanol–water partition coefficient (Wildman–Crippen LogP) is 2.87. The van der Waals surface area contributed by atoms with Gasteiger partial charge in [-0.3, -0.25) is 24.2 Å². The normalized spacial score (nSPS) is 24.3. The van der Waals surface area contributed by atoms with Gasteiger partial charge in [-0.1, -0.05) is 38.7 Å². The minimum absolute atomic E-state index is 0.0679. The summed E-state index contributed by atoms with van der Waals surface area (Å²) in [4.78, 5) is 48.9. The van der Waals surface area contributed by atoms with Crippen molar-refractivity contribution in [2.45, 2.75) is 64.4 Å². The Labute approximate surface area is 202 Å². The van der Waals surface area contributed by atoms with Crippen LogP contribution >= 0.6 is 0 Å². The summed E-state index contributed by atoms with van der Waals surface area (Å²) >= 11 is 0. The highest BCUT2D eigenvalue weighted by atomic mass is 16.5. The third-order valence-electron chi connectivity index (χ3n) is 7.41. The molecule has 1 saturated carbocycles. The molecular formula is C26H38N4O4. The zero-order valence-corrected chi connectivity index (χ0v) is 20.4. The molecule has 3 heterocycles. The number of hydrogen-bond acceptors (Lipinski definition) is 7. The van der Waals surface area contributed by atoms with Gasteiger partial charge in [-0.25, -0.2) is 4.98 Å². The van der Waals surface area contributed by atoms with Crippen LogP contribution in [0.25, 0.3) is 0 Å². The molecular weight excluding hydrogens is 432 g/mol. The van der Waals surface area contributed by atoms with Crippen LogP contribution in [0.1, 0.15) is 58.3 Å². The Kier molecular flexibility index (Phi) is 8.53. The van der Waals surface area contributed by atoms with E-state index in [2.05, 4.69) is 21.7 Å². The summed E-state index contributed by atoms with van der Waals surface area (Å²) in [5.41, 5.74) is 0. The van der Waals surface area contributed by atoms with Crippen LogP contribution in [0, 0.1) is 11.8 Å². The second kappa shape index (κ2) is 11.8. The Balaban J connectivity index is 1.37. The van der Waals surface area contributed by atoms with Gasteiger partial charge < -0.3 is 9.64 Å². The number of nitrogens with zero attached hydrogens (tertiary/aromatic N) is 4. The summed E-state index contributed by atoms with van der Waals surface area (Å²) < 4.78 is 5.87. The van der Waals surface area contributed by atoms with Crippen LogP contribution in [0.4, 0.5) is 5.82 Å². The Morgan fingerprint density at radius 2 is 1.74 bits per heavy atom. The van der Waals surface area contributed by atoms with Crippen LogP contribution in [-0.2, 0) is 19.1 Å². The van der Waals surface area contributed by atoms with Crippen molar-refractivity contribution in [1.29, 1.82) is 0 Å². The van der Waals surface area contributed by atoms with Crippen molar-refractivity contribution < 1.29 is 19.1 Å². The molecule has 4 rings (SSSR count). The van der Waals surface area contributed by atoms with Crippen molar-refractivity contribution in [3.63, 3.8) is 0 Å². The molecule has 2 aliphatic heterocycles. The van der Waals surface area contributed by atoms with Crippen LogP contribution in [0.2, 0.25) is 0 Å². The van der Waals surface area contributed by atoms with E-state index in [9.17, 15) is 14.4 Å². The summed E-state index contributed by atoms with van der Waals surface area (Å²) in [5, 5.41) is 0. The van der Waals surface area contributed by atoms with E-state index in [1.165, 1.54) is 4.90 Å². The Morgan fingerprint density at radius 3 is 2.35 bits per heavy atom. The number of hydrogen-bond donors (Lipinski definition) is 0. The van der Waals surface area contributed by atoms with Crippen molar-refractivity contribution >= 4 is 23.6 Å². The molecule has 186 valence electrons. The van der Waals surface area contributed by atoms with Gasteiger partial charge in [0.05, 0.1) is 18.4 Å². The molecule has 1 aromatic rings. The number of anilines is 1. The average Bonchev–Trinajstić information content (AvgIpc) is 3.10. The van der Waals surface area contributed by atoms with Gasteiger partial charge in [0, 0.05) is 45.3 Å². The predicted molar refractivity (Wildman–Crippen MR) is 129 cm³/mol. The minimum Gasteiger partial charge on any atom is -0.459 e. The number of imide groups is 1. The number of fused-ring (bicyclic) bond motifs is 1. The zero-order chi connectivity index (χ0) is 23.9. The Hall–Kier alpha value is -2.48. The Bertz CT molecular complexity index is 816. The molecule has 2 amide bonds. The Morgan fingerprint density at radius 1 is 1.03 bits per heavy atom. The van der Waals surface area contributed by atoms with Crippen LogP contribution in [-0.4, -0.2) is 77.9 Å². The molecule has 1 aliphatic carbocycles. The minimum atomic E-state index is -0.497. The number of carbonyl (C=O) groups is 3. The molecule has 0 radical (unpaired) electrons. The average molecular weight is 471 g/mol. The zero-order valence-electron chi connectivity index (χ0n) is 20.4. The fraction of sp³-hybridized carbons (Fsp3) is 0.692. The number of esters is 1. The number of likely N-dealkylation sites (tertiary alicyclic amines) is 1. The summed E-state index contributed by atoms with van der Waals surface area (Å²) in [7, 11) is 0. The number of piperazine rings is 1. The topological polar surface area (TPSA) is 83.1 Å². The van der Waals surface area contributed by atoms with E-state index in [0.717, 1.165) is 76.9 Å². The summed E-state index contributed by atoms with van der Waals surface area (Å²) in [6.45, 7) is 6.09. The van der Waals surface area contributed by atoms with Gasteiger partial charge in [-0.15, -0.1) is 0 Å². The van der Waals surface area contributed by atoms with Crippen molar-refractivity contribution in [2.75, 3.05) is 44.2 Å².